The SMILES string of the molecule is O=C1S/C(=C\c2cc(Cl)c(OCc3ccccc3Cl)c(Cl)c2)C(=O)N1c1ccccc1. The van der Waals surface area contributed by atoms with Gasteiger partial charge in [-0.1, -0.05) is 71.2 Å². The Hall–Kier alpha value is -2.44. The van der Waals surface area contributed by atoms with Crippen LogP contribution in [0.25, 0.3) is 6.08 Å². The number of carbonyl (C=O) groups excluding carboxylic acids is 2. The summed E-state index contributed by atoms with van der Waals surface area (Å²) < 4.78 is 5.77. The molecule has 0 aliphatic carbocycles. The van der Waals surface area contributed by atoms with Gasteiger partial charge in [-0.05, 0) is 53.7 Å². The van der Waals surface area contributed by atoms with Gasteiger partial charge in [0.2, 0.25) is 0 Å². The minimum Gasteiger partial charge on any atom is -0.486 e. The first-order valence-corrected chi connectivity index (χ1v) is 11.1. The van der Waals surface area contributed by atoms with Crippen LogP contribution in [0, 0.1) is 0 Å². The van der Waals surface area contributed by atoms with Crippen molar-refractivity contribution in [2.24, 2.45) is 0 Å². The molecule has 31 heavy (non-hydrogen) atoms. The molecule has 1 fully saturated rings. The first kappa shape index (κ1) is 21.8. The van der Waals surface area contributed by atoms with Gasteiger partial charge in [-0.2, -0.15) is 0 Å². The minimum absolute atomic E-state index is 0.203. The highest BCUT2D eigenvalue weighted by Gasteiger charge is 2.36. The molecule has 4 nitrogen and oxygen atoms in total. The zero-order valence-corrected chi connectivity index (χ0v) is 18.9. The van der Waals surface area contributed by atoms with Crippen molar-refractivity contribution in [1.29, 1.82) is 0 Å². The van der Waals surface area contributed by atoms with Crippen LogP contribution in [0.5, 0.6) is 5.75 Å². The Morgan fingerprint density at radius 2 is 1.52 bits per heavy atom. The van der Waals surface area contributed by atoms with E-state index in [-0.39, 0.29) is 26.8 Å². The van der Waals surface area contributed by atoms with Crippen molar-refractivity contribution in [2.45, 2.75) is 6.61 Å². The van der Waals surface area contributed by atoms with Crippen molar-refractivity contribution in [2.75, 3.05) is 4.90 Å². The fourth-order valence-corrected chi connectivity index (χ4v) is 4.63. The van der Waals surface area contributed by atoms with Gasteiger partial charge >= 0.3 is 0 Å². The van der Waals surface area contributed by atoms with Crippen LogP contribution in [0.4, 0.5) is 10.5 Å². The van der Waals surface area contributed by atoms with Gasteiger partial charge in [-0.3, -0.25) is 9.59 Å². The first-order chi connectivity index (χ1) is 14.9. The van der Waals surface area contributed by atoms with E-state index >= 15 is 0 Å². The highest BCUT2D eigenvalue weighted by atomic mass is 35.5. The molecule has 3 aromatic rings. The van der Waals surface area contributed by atoms with E-state index in [0.29, 0.717) is 22.0 Å². The number of hydrogen-bond donors (Lipinski definition) is 0. The Labute approximate surface area is 198 Å². The number of imide groups is 1. The van der Waals surface area contributed by atoms with Crippen molar-refractivity contribution in [1.82, 2.24) is 0 Å². The number of para-hydroxylation sites is 1. The molecule has 156 valence electrons. The summed E-state index contributed by atoms with van der Waals surface area (Å²) in [4.78, 5) is 26.5. The number of hydrogen-bond acceptors (Lipinski definition) is 4. The van der Waals surface area contributed by atoms with E-state index in [1.165, 1.54) is 0 Å². The molecule has 0 bridgehead atoms. The lowest BCUT2D eigenvalue weighted by atomic mass is 10.2. The summed E-state index contributed by atoms with van der Waals surface area (Å²) in [5.41, 5.74) is 1.90. The highest BCUT2D eigenvalue weighted by Crippen LogP contribution is 2.39. The van der Waals surface area contributed by atoms with Crippen LogP contribution in [0.1, 0.15) is 11.1 Å². The summed E-state index contributed by atoms with van der Waals surface area (Å²) in [6.45, 7) is 0.203. The monoisotopic (exact) mass is 489 g/mol. The number of nitrogens with zero attached hydrogens (tertiary/aromatic N) is 1. The molecule has 2 amide bonds. The molecular formula is C23H14Cl3NO3S. The Bertz CT molecular complexity index is 1170. The molecule has 0 radical (unpaired) electrons. The van der Waals surface area contributed by atoms with Crippen LogP contribution in [-0.2, 0) is 11.4 Å². The van der Waals surface area contributed by atoms with Crippen LogP contribution in [0.15, 0.2) is 71.6 Å². The van der Waals surface area contributed by atoms with Gasteiger partial charge in [0.15, 0.2) is 5.75 Å². The molecule has 0 aromatic heterocycles. The van der Waals surface area contributed by atoms with Crippen LogP contribution in [0.2, 0.25) is 15.1 Å². The lowest BCUT2D eigenvalue weighted by Crippen LogP contribution is -2.27. The molecule has 0 spiro atoms. The lowest BCUT2D eigenvalue weighted by Gasteiger charge is -2.12. The fraction of sp³-hybridized carbons (Fsp3) is 0.0435. The maximum Gasteiger partial charge on any atom is 0.298 e. The molecule has 8 heteroatoms. The summed E-state index contributed by atoms with van der Waals surface area (Å²) in [5, 5.41) is 0.793. The summed E-state index contributed by atoms with van der Waals surface area (Å²) in [6.07, 6.45) is 1.59. The van der Waals surface area contributed by atoms with Gasteiger partial charge in [0.05, 0.1) is 20.6 Å². The Kier molecular flexibility index (Phi) is 6.58. The number of halogens is 3. The van der Waals surface area contributed by atoms with Crippen LogP contribution in [0.3, 0.4) is 0 Å². The van der Waals surface area contributed by atoms with E-state index in [1.54, 1.807) is 48.5 Å². The van der Waals surface area contributed by atoms with Crippen molar-refractivity contribution >= 4 is 69.5 Å². The number of rotatable bonds is 5. The predicted molar refractivity (Wildman–Crippen MR) is 127 cm³/mol. The quantitative estimate of drug-likeness (QED) is 0.348. The van der Waals surface area contributed by atoms with Crippen LogP contribution >= 0.6 is 46.6 Å². The zero-order chi connectivity index (χ0) is 22.0. The third kappa shape index (κ3) is 4.75. The van der Waals surface area contributed by atoms with Crippen molar-refractivity contribution < 1.29 is 14.3 Å². The van der Waals surface area contributed by atoms with E-state index in [4.69, 9.17) is 39.5 Å². The molecule has 0 N–H and O–H groups in total. The van der Waals surface area contributed by atoms with Gasteiger partial charge in [0.1, 0.15) is 6.61 Å². The van der Waals surface area contributed by atoms with Crippen molar-refractivity contribution in [3.8, 4) is 5.75 Å². The Morgan fingerprint density at radius 1 is 0.871 bits per heavy atom. The molecule has 1 saturated heterocycles. The van der Waals surface area contributed by atoms with Crippen LogP contribution in [-0.4, -0.2) is 11.1 Å². The summed E-state index contributed by atoms with van der Waals surface area (Å²) in [6, 6.07) is 19.3. The first-order valence-electron chi connectivity index (χ1n) is 9.12. The second-order valence-electron chi connectivity index (χ2n) is 6.55. The molecular weight excluding hydrogens is 477 g/mol. The number of carbonyl (C=O) groups is 2. The summed E-state index contributed by atoms with van der Waals surface area (Å²) in [7, 11) is 0. The Morgan fingerprint density at radius 3 is 2.19 bits per heavy atom. The molecule has 0 saturated carbocycles. The largest absolute Gasteiger partial charge is 0.486 e. The van der Waals surface area contributed by atoms with E-state index < -0.39 is 5.91 Å². The van der Waals surface area contributed by atoms with Gasteiger partial charge in [0.25, 0.3) is 11.1 Å². The molecule has 0 atom stereocenters. The van der Waals surface area contributed by atoms with Gasteiger partial charge in [-0.25, -0.2) is 4.90 Å². The molecule has 4 rings (SSSR count). The molecule has 1 heterocycles. The molecule has 1 aliphatic heterocycles. The van der Waals surface area contributed by atoms with E-state index in [1.807, 2.05) is 24.3 Å². The zero-order valence-electron chi connectivity index (χ0n) is 15.8. The number of ether oxygens (including phenoxy) is 1. The third-order valence-corrected chi connectivity index (χ3v) is 6.26. The minimum atomic E-state index is -0.396. The van der Waals surface area contributed by atoms with Crippen LogP contribution < -0.4 is 9.64 Å². The lowest BCUT2D eigenvalue weighted by molar-refractivity contribution is -0.113. The van der Waals surface area contributed by atoms with E-state index in [9.17, 15) is 9.59 Å². The van der Waals surface area contributed by atoms with Crippen molar-refractivity contribution in [3.05, 3.63) is 97.8 Å². The fourth-order valence-electron chi connectivity index (χ4n) is 2.98. The maximum absolute atomic E-state index is 12.8. The smallest absolute Gasteiger partial charge is 0.298 e. The second-order valence-corrected chi connectivity index (χ2v) is 8.76. The second kappa shape index (κ2) is 9.37. The standard InChI is InChI=1S/C23H14Cl3NO3S/c24-17-9-5-4-6-15(17)13-30-21-18(25)10-14(11-19(21)26)12-20-22(28)27(23(29)31-20)16-7-2-1-3-8-16/h1-12H,13H2/b20-12-. The summed E-state index contributed by atoms with van der Waals surface area (Å²) in [5.74, 6) is -0.0784. The molecule has 1 aliphatic rings. The van der Waals surface area contributed by atoms with Gasteiger partial charge < -0.3 is 4.74 Å². The normalized spacial score (nSPS) is 15.1. The molecule has 3 aromatic carbocycles. The highest BCUT2D eigenvalue weighted by molar-refractivity contribution is 8.19. The number of anilines is 1. The summed E-state index contributed by atoms with van der Waals surface area (Å²) >= 11 is 19.8. The third-order valence-electron chi connectivity index (χ3n) is 4.46. The number of thioether (sulfide) groups is 1. The van der Waals surface area contributed by atoms with Gasteiger partial charge in [-0.15, -0.1) is 0 Å². The average Bonchev–Trinajstić information content (AvgIpc) is 3.02. The average molecular weight is 491 g/mol. The predicted octanol–water partition coefficient (Wildman–Crippen LogP) is 7.47. The Balaban J connectivity index is 1.56. The topological polar surface area (TPSA) is 46.6 Å². The number of amides is 2. The van der Waals surface area contributed by atoms with Gasteiger partial charge in [0, 0.05) is 10.6 Å². The van der Waals surface area contributed by atoms with E-state index in [2.05, 4.69) is 0 Å². The van der Waals surface area contributed by atoms with E-state index in [0.717, 1.165) is 22.2 Å². The molecule has 0 unspecified atom stereocenters. The maximum atomic E-state index is 12.8. The number of benzene rings is 3. The van der Waals surface area contributed by atoms with Crippen molar-refractivity contribution in [3.63, 3.8) is 0 Å².